The number of aromatic nitrogens is 4. The van der Waals surface area contributed by atoms with Crippen LogP contribution < -0.4 is 20.7 Å². The maximum Gasteiger partial charge on any atom is 0.252 e. The zero-order chi connectivity index (χ0) is 18.9. The second-order valence-corrected chi connectivity index (χ2v) is 5.44. The molecule has 3 N–H and O–H groups in total. The molecule has 1 amide bonds. The molecular formula is C18H19N7O2. The van der Waals surface area contributed by atoms with Gasteiger partial charge >= 0.3 is 0 Å². The van der Waals surface area contributed by atoms with E-state index in [4.69, 9.17) is 4.74 Å². The number of methoxy groups -OCH3 is 1. The third-order valence-electron chi connectivity index (χ3n) is 3.52. The molecule has 27 heavy (non-hydrogen) atoms. The molecule has 0 bridgehead atoms. The van der Waals surface area contributed by atoms with E-state index < -0.39 is 0 Å². The monoisotopic (exact) mass is 365 g/mol. The van der Waals surface area contributed by atoms with Gasteiger partial charge < -0.3 is 20.7 Å². The molecule has 0 saturated carbocycles. The fraction of sp³-hybridized carbons (Fsp3) is 0.167. The Bertz CT molecular complexity index is 855. The van der Waals surface area contributed by atoms with Crippen molar-refractivity contribution >= 4 is 23.2 Å². The summed E-state index contributed by atoms with van der Waals surface area (Å²) in [5, 5.41) is 17.2. The van der Waals surface area contributed by atoms with Crippen LogP contribution in [0, 0.1) is 0 Å². The Morgan fingerprint density at radius 2 is 1.89 bits per heavy atom. The largest absolute Gasteiger partial charge is 0.481 e. The van der Waals surface area contributed by atoms with E-state index in [2.05, 4.69) is 36.1 Å². The molecule has 138 valence electrons. The van der Waals surface area contributed by atoms with Crippen LogP contribution in [0.3, 0.4) is 0 Å². The summed E-state index contributed by atoms with van der Waals surface area (Å²) in [7, 11) is 1.53. The lowest BCUT2D eigenvalue weighted by Gasteiger charge is -2.08. The quantitative estimate of drug-likeness (QED) is 0.518. The van der Waals surface area contributed by atoms with Gasteiger partial charge in [-0.2, -0.15) is 0 Å². The van der Waals surface area contributed by atoms with Gasteiger partial charge in [0, 0.05) is 31.5 Å². The van der Waals surface area contributed by atoms with Gasteiger partial charge in [-0.05, 0) is 30.3 Å². The molecule has 0 aliphatic carbocycles. The Kier molecular flexibility index (Phi) is 6.08. The average molecular weight is 365 g/mol. The number of carbonyl (C=O) groups excluding carboxylic acids is 1. The standard InChI is InChI=1S/C18H19N7O2/c1-27-17-7-4-13(11-22-17)18(26)21-10-9-20-15-5-6-16(25-24-15)23-14-3-2-8-19-12-14/h2-8,11-12H,9-10H2,1H3,(H,20,24)(H,21,26)(H,23,25). The minimum atomic E-state index is -0.200. The highest BCUT2D eigenvalue weighted by molar-refractivity contribution is 5.93. The van der Waals surface area contributed by atoms with E-state index in [0.717, 1.165) is 5.69 Å². The Balaban J connectivity index is 1.41. The predicted octanol–water partition coefficient (Wildman–Crippen LogP) is 1.86. The summed E-state index contributed by atoms with van der Waals surface area (Å²) in [5.74, 6) is 1.50. The number of ether oxygens (including phenoxy) is 1. The van der Waals surface area contributed by atoms with Crippen molar-refractivity contribution in [2.75, 3.05) is 30.8 Å². The van der Waals surface area contributed by atoms with Crippen molar-refractivity contribution in [1.29, 1.82) is 0 Å². The molecule has 3 heterocycles. The van der Waals surface area contributed by atoms with Crippen LogP contribution in [0.1, 0.15) is 10.4 Å². The molecule has 0 atom stereocenters. The van der Waals surface area contributed by atoms with E-state index in [1.165, 1.54) is 13.3 Å². The van der Waals surface area contributed by atoms with Crippen molar-refractivity contribution < 1.29 is 9.53 Å². The topological polar surface area (TPSA) is 114 Å². The fourth-order valence-electron chi connectivity index (χ4n) is 2.18. The lowest BCUT2D eigenvalue weighted by atomic mass is 10.2. The normalized spacial score (nSPS) is 10.1. The first-order chi connectivity index (χ1) is 13.2. The number of nitrogens with one attached hydrogen (secondary N) is 3. The summed E-state index contributed by atoms with van der Waals surface area (Å²) in [6.07, 6.45) is 4.88. The number of amides is 1. The van der Waals surface area contributed by atoms with E-state index in [1.54, 1.807) is 30.6 Å². The highest BCUT2D eigenvalue weighted by atomic mass is 16.5. The van der Waals surface area contributed by atoms with Gasteiger partial charge in [-0.1, -0.05) is 0 Å². The average Bonchev–Trinajstić information content (AvgIpc) is 2.73. The van der Waals surface area contributed by atoms with Crippen molar-refractivity contribution in [3.05, 3.63) is 60.6 Å². The van der Waals surface area contributed by atoms with Crippen LogP contribution in [-0.4, -0.2) is 46.3 Å². The van der Waals surface area contributed by atoms with Crippen LogP contribution in [0.4, 0.5) is 17.3 Å². The Hall–Kier alpha value is -3.75. The molecule has 0 aliphatic rings. The van der Waals surface area contributed by atoms with E-state index in [-0.39, 0.29) is 5.91 Å². The van der Waals surface area contributed by atoms with Crippen LogP contribution in [0.25, 0.3) is 0 Å². The van der Waals surface area contributed by atoms with Gasteiger partial charge in [0.25, 0.3) is 5.91 Å². The van der Waals surface area contributed by atoms with Gasteiger partial charge in [-0.3, -0.25) is 9.78 Å². The number of anilines is 3. The molecule has 3 aromatic heterocycles. The highest BCUT2D eigenvalue weighted by Gasteiger charge is 2.05. The lowest BCUT2D eigenvalue weighted by molar-refractivity contribution is 0.0954. The van der Waals surface area contributed by atoms with E-state index in [1.807, 2.05) is 18.2 Å². The smallest absolute Gasteiger partial charge is 0.252 e. The fourth-order valence-corrected chi connectivity index (χ4v) is 2.18. The molecule has 3 rings (SSSR count). The molecule has 0 radical (unpaired) electrons. The van der Waals surface area contributed by atoms with Crippen molar-refractivity contribution in [1.82, 2.24) is 25.5 Å². The molecule has 0 aromatic carbocycles. The first-order valence-electron chi connectivity index (χ1n) is 8.27. The van der Waals surface area contributed by atoms with Crippen LogP contribution >= 0.6 is 0 Å². The number of hydrogen-bond acceptors (Lipinski definition) is 8. The highest BCUT2D eigenvalue weighted by Crippen LogP contribution is 2.12. The van der Waals surface area contributed by atoms with Crippen LogP contribution in [-0.2, 0) is 0 Å². The van der Waals surface area contributed by atoms with Gasteiger partial charge in [0.2, 0.25) is 5.88 Å². The SMILES string of the molecule is COc1ccc(C(=O)NCCNc2ccc(Nc3cccnc3)nn2)cn1. The summed E-state index contributed by atoms with van der Waals surface area (Å²) in [5.41, 5.74) is 1.31. The van der Waals surface area contributed by atoms with Gasteiger partial charge in [0.05, 0.1) is 24.6 Å². The maximum absolute atomic E-state index is 12.0. The zero-order valence-corrected chi connectivity index (χ0v) is 14.7. The Morgan fingerprint density at radius 1 is 1.04 bits per heavy atom. The van der Waals surface area contributed by atoms with E-state index >= 15 is 0 Å². The van der Waals surface area contributed by atoms with Gasteiger partial charge in [-0.15, -0.1) is 10.2 Å². The molecule has 0 aliphatic heterocycles. The molecule has 9 nitrogen and oxygen atoms in total. The number of rotatable bonds is 8. The first-order valence-corrected chi connectivity index (χ1v) is 8.27. The maximum atomic E-state index is 12.0. The van der Waals surface area contributed by atoms with Crippen molar-refractivity contribution in [3.8, 4) is 5.88 Å². The molecule has 0 unspecified atom stereocenters. The number of hydrogen-bond donors (Lipinski definition) is 3. The lowest BCUT2D eigenvalue weighted by Crippen LogP contribution is -2.29. The summed E-state index contributed by atoms with van der Waals surface area (Å²) < 4.78 is 4.96. The molecular weight excluding hydrogens is 346 g/mol. The van der Waals surface area contributed by atoms with Gasteiger partial charge in [-0.25, -0.2) is 4.98 Å². The molecule has 0 fully saturated rings. The predicted molar refractivity (Wildman–Crippen MR) is 101 cm³/mol. The summed E-state index contributed by atoms with van der Waals surface area (Å²) in [6, 6.07) is 10.6. The summed E-state index contributed by atoms with van der Waals surface area (Å²) in [6.45, 7) is 0.946. The van der Waals surface area contributed by atoms with Crippen LogP contribution in [0.2, 0.25) is 0 Å². The number of carbonyl (C=O) groups is 1. The Morgan fingerprint density at radius 3 is 2.56 bits per heavy atom. The van der Waals surface area contributed by atoms with Gasteiger partial charge in [0.1, 0.15) is 5.82 Å². The first kappa shape index (κ1) is 18.1. The number of nitrogens with zero attached hydrogens (tertiary/aromatic N) is 4. The van der Waals surface area contributed by atoms with Gasteiger partial charge in [0.15, 0.2) is 5.82 Å². The van der Waals surface area contributed by atoms with Crippen LogP contribution in [0.5, 0.6) is 5.88 Å². The van der Waals surface area contributed by atoms with Crippen molar-refractivity contribution in [3.63, 3.8) is 0 Å². The molecule has 0 spiro atoms. The second kappa shape index (κ2) is 9.09. The molecule has 3 aromatic rings. The van der Waals surface area contributed by atoms with Crippen molar-refractivity contribution in [2.45, 2.75) is 0 Å². The van der Waals surface area contributed by atoms with Crippen molar-refractivity contribution in [2.24, 2.45) is 0 Å². The minimum absolute atomic E-state index is 0.200. The van der Waals surface area contributed by atoms with E-state index in [0.29, 0.717) is 36.2 Å². The molecule has 9 heteroatoms. The minimum Gasteiger partial charge on any atom is -0.481 e. The third kappa shape index (κ3) is 5.36. The number of pyridine rings is 2. The van der Waals surface area contributed by atoms with E-state index in [9.17, 15) is 4.79 Å². The Labute approximate surface area is 156 Å². The summed E-state index contributed by atoms with van der Waals surface area (Å²) in [4.78, 5) is 20.0. The summed E-state index contributed by atoms with van der Waals surface area (Å²) >= 11 is 0. The van der Waals surface area contributed by atoms with Crippen LogP contribution in [0.15, 0.2) is 55.0 Å². The third-order valence-corrected chi connectivity index (χ3v) is 3.52. The second-order valence-electron chi connectivity index (χ2n) is 5.44. The molecule has 0 saturated heterocycles. The zero-order valence-electron chi connectivity index (χ0n) is 14.7.